The number of nitrogens with one attached hydrogen (secondary N) is 1. The van der Waals surface area contributed by atoms with Gasteiger partial charge in [-0.15, -0.1) is 0 Å². The topological polar surface area (TPSA) is 39.7 Å². The normalized spacial score (nSPS) is 30.8. The van der Waals surface area contributed by atoms with Crippen LogP contribution in [0.2, 0.25) is 0 Å². The Labute approximate surface area is 123 Å². The largest absolute Gasteiger partial charge is 0.376 e. The fourth-order valence-electron chi connectivity index (χ4n) is 3.41. The summed E-state index contributed by atoms with van der Waals surface area (Å²) >= 11 is 0. The second-order valence-electron chi connectivity index (χ2n) is 6.28. The second kappa shape index (κ2) is 7.74. The van der Waals surface area contributed by atoms with E-state index in [1.807, 2.05) is 0 Å². The minimum Gasteiger partial charge on any atom is -0.376 e. The Morgan fingerprint density at radius 3 is 2.70 bits per heavy atom. The summed E-state index contributed by atoms with van der Waals surface area (Å²) in [6, 6.07) is 0.437. The first kappa shape index (κ1) is 16.2. The second-order valence-corrected chi connectivity index (χ2v) is 6.28. The van der Waals surface area contributed by atoms with Gasteiger partial charge in [0.15, 0.2) is 5.79 Å². The summed E-state index contributed by atoms with van der Waals surface area (Å²) < 4.78 is 18.0. The van der Waals surface area contributed by atoms with Crippen LogP contribution in [0.25, 0.3) is 0 Å². The molecule has 4 heteroatoms. The molecule has 1 saturated carbocycles. The highest BCUT2D eigenvalue weighted by Crippen LogP contribution is 2.37. The summed E-state index contributed by atoms with van der Waals surface area (Å²) in [6.07, 6.45) is 5.58. The molecule has 0 aromatic rings. The quantitative estimate of drug-likeness (QED) is 0.781. The van der Waals surface area contributed by atoms with Crippen LogP contribution in [0.5, 0.6) is 0 Å². The third-order valence-corrected chi connectivity index (χ3v) is 4.45. The Morgan fingerprint density at radius 2 is 2.05 bits per heavy atom. The Hall–Kier alpha value is -0.160. The molecule has 1 spiro atoms. The van der Waals surface area contributed by atoms with Crippen molar-refractivity contribution in [3.05, 3.63) is 0 Å². The van der Waals surface area contributed by atoms with E-state index in [2.05, 4.69) is 26.1 Å². The van der Waals surface area contributed by atoms with Crippen molar-refractivity contribution in [2.24, 2.45) is 5.92 Å². The molecule has 0 aromatic carbocycles. The highest BCUT2D eigenvalue weighted by molar-refractivity contribution is 4.92. The van der Waals surface area contributed by atoms with Gasteiger partial charge in [0.05, 0.1) is 19.3 Å². The van der Waals surface area contributed by atoms with Gasteiger partial charge < -0.3 is 19.5 Å². The van der Waals surface area contributed by atoms with Crippen LogP contribution < -0.4 is 5.32 Å². The van der Waals surface area contributed by atoms with E-state index in [1.165, 1.54) is 12.8 Å². The first-order valence-electron chi connectivity index (χ1n) is 8.32. The molecule has 0 bridgehead atoms. The SMILES string of the molecule is CCCC(C)COC1CC2(CCC1NCC)OCCO2. The van der Waals surface area contributed by atoms with Crippen molar-refractivity contribution >= 4 is 0 Å². The van der Waals surface area contributed by atoms with E-state index in [0.717, 1.165) is 45.6 Å². The van der Waals surface area contributed by atoms with E-state index < -0.39 is 0 Å². The predicted molar refractivity (Wildman–Crippen MR) is 79.8 cm³/mol. The molecular formula is C16H31NO3. The van der Waals surface area contributed by atoms with Crippen molar-refractivity contribution in [2.45, 2.75) is 70.8 Å². The Balaban J connectivity index is 1.88. The van der Waals surface area contributed by atoms with Crippen LogP contribution in [0.15, 0.2) is 0 Å². The zero-order valence-electron chi connectivity index (χ0n) is 13.3. The summed E-state index contributed by atoms with van der Waals surface area (Å²) in [5.41, 5.74) is 0. The van der Waals surface area contributed by atoms with E-state index >= 15 is 0 Å². The average molecular weight is 285 g/mol. The Bertz CT molecular complexity index is 279. The van der Waals surface area contributed by atoms with Crippen molar-refractivity contribution in [3.8, 4) is 0 Å². The van der Waals surface area contributed by atoms with Crippen LogP contribution in [0.3, 0.4) is 0 Å². The smallest absolute Gasteiger partial charge is 0.171 e. The standard InChI is InChI=1S/C16H31NO3/c1-4-6-13(3)12-18-15-11-16(19-9-10-20-16)8-7-14(15)17-5-2/h13-15,17H,4-12H2,1-3H3. The molecule has 20 heavy (non-hydrogen) atoms. The van der Waals surface area contributed by atoms with Gasteiger partial charge in [-0.1, -0.05) is 27.2 Å². The monoisotopic (exact) mass is 285 g/mol. The molecule has 0 radical (unpaired) electrons. The van der Waals surface area contributed by atoms with Gasteiger partial charge in [-0.3, -0.25) is 0 Å². The van der Waals surface area contributed by atoms with Crippen LogP contribution in [0.4, 0.5) is 0 Å². The molecule has 118 valence electrons. The van der Waals surface area contributed by atoms with Gasteiger partial charge in [0.2, 0.25) is 0 Å². The van der Waals surface area contributed by atoms with Gasteiger partial charge in [-0.25, -0.2) is 0 Å². The summed E-state index contributed by atoms with van der Waals surface area (Å²) in [7, 11) is 0. The summed E-state index contributed by atoms with van der Waals surface area (Å²) in [6.45, 7) is 9.94. The van der Waals surface area contributed by atoms with E-state index in [4.69, 9.17) is 14.2 Å². The highest BCUT2D eigenvalue weighted by Gasteiger charge is 2.45. The van der Waals surface area contributed by atoms with E-state index in [-0.39, 0.29) is 11.9 Å². The highest BCUT2D eigenvalue weighted by atomic mass is 16.7. The summed E-state index contributed by atoms with van der Waals surface area (Å²) in [5, 5.41) is 3.56. The molecule has 1 N–H and O–H groups in total. The van der Waals surface area contributed by atoms with Crippen LogP contribution in [-0.2, 0) is 14.2 Å². The number of hydrogen-bond donors (Lipinski definition) is 1. The van der Waals surface area contributed by atoms with E-state index in [9.17, 15) is 0 Å². The van der Waals surface area contributed by atoms with Gasteiger partial charge in [0.25, 0.3) is 0 Å². The first-order valence-corrected chi connectivity index (χ1v) is 8.32. The molecule has 2 rings (SSSR count). The molecule has 4 nitrogen and oxygen atoms in total. The molecule has 2 fully saturated rings. The van der Waals surface area contributed by atoms with Crippen LogP contribution in [-0.4, -0.2) is 44.3 Å². The minimum absolute atomic E-state index is 0.209. The molecule has 0 aromatic heterocycles. The van der Waals surface area contributed by atoms with Crippen molar-refractivity contribution < 1.29 is 14.2 Å². The van der Waals surface area contributed by atoms with Gasteiger partial charge in [-0.05, 0) is 25.3 Å². The summed E-state index contributed by atoms with van der Waals surface area (Å²) in [5.74, 6) is 0.274. The Morgan fingerprint density at radius 1 is 1.30 bits per heavy atom. The van der Waals surface area contributed by atoms with E-state index in [0.29, 0.717) is 12.0 Å². The predicted octanol–water partition coefficient (Wildman–Crippen LogP) is 2.71. The fraction of sp³-hybridized carbons (Fsp3) is 1.00. The minimum atomic E-state index is -0.357. The third kappa shape index (κ3) is 4.17. The summed E-state index contributed by atoms with van der Waals surface area (Å²) in [4.78, 5) is 0. The lowest BCUT2D eigenvalue weighted by molar-refractivity contribution is -0.208. The zero-order valence-corrected chi connectivity index (χ0v) is 13.3. The first-order chi connectivity index (χ1) is 9.69. The maximum Gasteiger partial charge on any atom is 0.171 e. The molecule has 2 aliphatic rings. The average Bonchev–Trinajstić information content (AvgIpc) is 2.88. The number of hydrogen-bond acceptors (Lipinski definition) is 4. The van der Waals surface area contributed by atoms with Crippen molar-refractivity contribution in [1.29, 1.82) is 0 Å². The molecule has 0 amide bonds. The molecule has 3 atom stereocenters. The Kier molecular flexibility index (Phi) is 6.27. The van der Waals surface area contributed by atoms with Crippen LogP contribution >= 0.6 is 0 Å². The van der Waals surface area contributed by atoms with Gasteiger partial charge >= 0.3 is 0 Å². The lowest BCUT2D eigenvalue weighted by Crippen LogP contribution is -2.52. The molecule has 3 unspecified atom stereocenters. The van der Waals surface area contributed by atoms with Crippen molar-refractivity contribution in [1.82, 2.24) is 5.32 Å². The van der Waals surface area contributed by atoms with Crippen molar-refractivity contribution in [3.63, 3.8) is 0 Å². The third-order valence-electron chi connectivity index (χ3n) is 4.45. The zero-order chi connectivity index (χ0) is 14.4. The van der Waals surface area contributed by atoms with Gasteiger partial charge in [0, 0.05) is 25.5 Å². The van der Waals surface area contributed by atoms with Crippen LogP contribution in [0, 0.1) is 5.92 Å². The number of rotatable bonds is 7. The number of ether oxygens (including phenoxy) is 3. The van der Waals surface area contributed by atoms with Gasteiger partial charge in [0.1, 0.15) is 0 Å². The van der Waals surface area contributed by atoms with Crippen LogP contribution in [0.1, 0.15) is 52.9 Å². The number of likely N-dealkylation sites (N-methyl/N-ethyl adjacent to an activating group) is 1. The lowest BCUT2D eigenvalue weighted by atomic mass is 9.87. The molecular weight excluding hydrogens is 254 g/mol. The maximum absolute atomic E-state index is 6.23. The van der Waals surface area contributed by atoms with E-state index in [1.54, 1.807) is 0 Å². The molecule has 1 aliphatic carbocycles. The molecule has 1 aliphatic heterocycles. The van der Waals surface area contributed by atoms with Crippen molar-refractivity contribution in [2.75, 3.05) is 26.4 Å². The molecule has 1 saturated heterocycles. The maximum atomic E-state index is 6.23. The van der Waals surface area contributed by atoms with Gasteiger partial charge in [-0.2, -0.15) is 0 Å². The lowest BCUT2D eigenvalue weighted by Gasteiger charge is -2.41. The molecule has 1 heterocycles. The fourth-order valence-corrected chi connectivity index (χ4v) is 3.41.